The Morgan fingerprint density at radius 2 is 1.82 bits per heavy atom. The van der Waals surface area contributed by atoms with Gasteiger partial charge in [-0.3, -0.25) is 0 Å². The van der Waals surface area contributed by atoms with Crippen molar-refractivity contribution >= 4 is 27.6 Å². The SMILES string of the molecule is Cc1ccc([C@H]2CCCN2C(=O)Nc2ccc(Br)cc2)cc1. The molecule has 0 aromatic heterocycles. The van der Waals surface area contributed by atoms with E-state index in [0.29, 0.717) is 0 Å². The first-order valence-corrected chi connectivity index (χ1v) is 8.32. The molecule has 22 heavy (non-hydrogen) atoms. The van der Waals surface area contributed by atoms with E-state index in [1.54, 1.807) is 0 Å². The molecule has 0 aliphatic carbocycles. The lowest BCUT2D eigenvalue weighted by Gasteiger charge is -2.25. The Bertz CT molecular complexity index is 652. The molecule has 3 rings (SSSR count). The normalized spacial score (nSPS) is 17.5. The number of nitrogens with zero attached hydrogens (tertiary/aromatic N) is 1. The van der Waals surface area contributed by atoms with E-state index in [2.05, 4.69) is 52.4 Å². The van der Waals surface area contributed by atoms with Gasteiger partial charge in [0.25, 0.3) is 0 Å². The van der Waals surface area contributed by atoms with Crippen molar-refractivity contribution in [3.8, 4) is 0 Å². The van der Waals surface area contributed by atoms with Gasteiger partial charge in [0.1, 0.15) is 0 Å². The van der Waals surface area contributed by atoms with Gasteiger partial charge in [-0.15, -0.1) is 0 Å². The summed E-state index contributed by atoms with van der Waals surface area (Å²) in [5.74, 6) is 0. The predicted octanol–water partition coefficient (Wildman–Crippen LogP) is 5.13. The van der Waals surface area contributed by atoms with Crippen molar-refractivity contribution in [2.45, 2.75) is 25.8 Å². The van der Waals surface area contributed by atoms with Crippen LogP contribution in [0, 0.1) is 6.92 Å². The van der Waals surface area contributed by atoms with Crippen molar-refractivity contribution in [1.82, 2.24) is 4.90 Å². The highest BCUT2D eigenvalue weighted by atomic mass is 79.9. The van der Waals surface area contributed by atoms with Crippen molar-refractivity contribution in [3.63, 3.8) is 0 Å². The van der Waals surface area contributed by atoms with Gasteiger partial charge < -0.3 is 10.2 Å². The van der Waals surface area contributed by atoms with Gasteiger partial charge in [-0.05, 0) is 49.6 Å². The van der Waals surface area contributed by atoms with Crippen molar-refractivity contribution < 1.29 is 4.79 Å². The van der Waals surface area contributed by atoms with Gasteiger partial charge in [-0.2, -0.15) is 0 Å². The summed E-state index contributed by atoms with van der Waals surface area (Å²) >= 11 is 3.40. The van der Waals surface area contributed by atoms with E-state index in [4.69, 9.17) is 0 Å². The standard InChI is InChI=1S/C18H19BrN2O/c1-13-4-6-14(7-5-13)17-3-2-12-21(17)18(22)20-16-10-8-15(19)9-11-16/h4-11,17H,2-3,12H2,1H3,(H,20,22)/t17-/m1/s1. The number of amides is 2. The fourth-order valence-electron chi connectivity index (χ4n) is 2.87. The lowest BCUT2D eigenvalue weighted by molar-refractivity contribution is 0.207. The fraction of sp³-hybridized carbons (Fsp3) is 0.278. The van der Waals surface area contributed by atoms with Crippen molar-refractivity contribution in [2.24, 2.45) is 0 Å². The van der Waals surface area contributed by atoms with Crippen LogP contribution in [0.5, 0.6) is 0 Å². The number of hydrogen-bond acceptors (Lipinski definition) is 1. The zero-order valence-electron chi connectivity index (χ0n) is 12.6. The monoisotopic (exact) mass is 358 g/mol. The third-order valence-corrected chi connectivity index (χ3v) is 4.60. The van der Waals surface area contributed by atoms with Gasteiger partial charge in [0, 0.05) is 16.7 Å². The van der Waals surface area contributed by atoms with Gasteiger partial charge >= 0.3 is 6.03 Å². The molecular formula is C18H19BrN2O. The molecule has 0 spiro atoms. The van der Waals surface area contributed by atoms with Crippen LogP contribution in [0.4, 0.5) is 10.5 Å². The highest BCUT2D eigenvalue weighted by molar-refractivity contribution is 9.10. The molecule has 2 amide bonds. The number of carbonyl (C=O) groups is 1. The lowest BCUT2D eigenvalue weighted by atomic mass is 10.0. The van der Waals surface area contributed by atoms with Crippen LogP contribution in [0.15, 0.2) is 53.0 Å². The van der Waals surface area contributed by atoms with Gasteiger partial charge in [-0.25, -0.2) is 4.79 Å². The zero-order chi connectivity index (χ0) is 15.5. The average Bonchev–Trinajstić information content (AvgIpc) is 3.00. The molecule has 4 heteroatoms. The number of carbonyl (C=O) groups excluding carboxylic acids is 1. The summed E-state index contributed by atoms with van der Waals surface area (Å²) in [7, 11) is 0. The van der Waals surface area contributed by atoms with E-state index in [1.165, 1.54) is 11.1 Å². The minimum absolute atomic E-state index is 0.0228. The summed E-state index contributed by atoms with van der Waals surface area (Å²) in [5, 5.41) is 2.99. The molecule has 0 unspecified atom stereocenters. The molecule has 2 aromatic rings. The van der Waals surface area contributed by atoms with Gasteiger partial charge in [0.05, 0.1) is 6.04 Å². The Labute approximate surface area is 139 Å². The highest BCUT2D eigenvalue weighted by Crippen LogP contribution is 2.32. The van der Waals surface area contributed by atoms with E-state index < -0.39 is 0 Å². The molecule has 1 N–H and O–H groups in total. The Morgan fingerprint density at radius 1 is 1.14 bits per heavy atom. The Balaban J connectivity index is 1.73. The number of halogens is 1. The molecule has 2 aromatic carbocycles. The van der Waals surface area contributed by atoms with Crippen LogP contribution < -0.4 is 5.32 Å². The molecule has 1 saturated heterocycles. The van der Waals surface area contributed by atoms with Crippen LogP contribution in [0.3, 0.4) is 0 Å². The van der Waals surface area contributed by atoms with E-state index in [0.717, 1.165) is 29.5 Å². The number of nitrogens with one attached hydrogen (secondary N) is 1. The second-order valence-corrected chi connectivity index (χ2v) is 6.61. The summed E-state index contributed by atoms with van der Waals surface area (Å²) in [6.45, 7) is 2.89. The first kappa shape index (κ1) is 15.1. The first-order valence-electron chi connectivity index (χ1n) is 7.53. The quantitative estimate of drug-likeness (QED) is 0.792. The number of urea groups is 1. The molecule has 0 saturated carbocycles. The molecule has 3 nitrogen and oxygen atoms in total. The van der Waals surface area contributed by atoms with Crippen LogP contribution in [-0.2, 0) is 0 Å². The minimum atomic E-state index is -0.0228. The maximum atomic E-state index is 12.6. The second kappa shape index (κ2) is 6.53. The van der Waals surface area contributed by atoms with Crippen LogP contribution in [0.1, 0.15) is 30.0 Å². The number of rotatable bonds is 2. The van der Waals surface area contributed by atoms with E-state index >= 15 is 0 Å². The molecular weight excluding hydrogens is 340 g/mol. The lowest BCUT2D eigenvalue weighted by Crippen LogP contribution is -2.34. The molecule has 1 aliphatic rings. The Kier molecular flexibility index (Phi) is 4.48. The van der Waals surface area contributed by atoms with Crippen molar-refractivity contribution in [1.29, 1.82) is 0 Å². The minimum Gasteiger partial charge on any atom is -0.317 e. The van der Waals surface area contributed by atoms with Crippen molar-refractivity contribution in [2.75, 3.05) is 11.9 Å². The fourth-order valence-corrected chi connectivity index (χ4v) is 3.14. The third kappa shape index (κ3) is 3.33. The van der Waals surface area contributed by atoms with Crippen LogP contribution in [-0.4, -0.2) is 17.5 Å². The average molecular weight is 359 g/mol. The highest BCUT2D eigenvalue weighted by Gasteiger charge is 2.29. The number of anilines is 1. The van der Waals surface area contributed by atoms with E-state index in [1.807, 2.05) is 29.2 Å². The zero-order valence-corrected chi connectivity index (χ0v) is 14.1. The van der Waals surface area contributed by atoms with E-state index in [-0.39, 0.29) is 12.1 Å². The summed E-state index contributed by atoms with van der Waals surface area (Å²) in [6.07, 6.45) is 2.07. The first-order chi connectivity index (χ1) is 10.6. The topological polar surface area (TPSA) is 32.3 Å². The molecule has 0 radical (unpaired) electrons. The number of aryl methyl sites for hydroxylation is 1. The van der Waals surface area contributed by atoms with Gasteiger partial charge in [0.2, 0.25) is 0 Å². The third-order valence-electron chi connectivity index (χ3n) is 4.07. The summed E-state index contributed by atoms with van der Waals surface area (Å²) < 4.78 is 1.00. The molecule has 1 atom stereocenters. The molecule has 1 aliphatic heterocycles. The summed E-state index contributed by atoms with van der Waals surface area (Å²) in [5.41, 5.74) is 3.28. The molecule has 1 heterocycles. The number of hydrogen-bond donors (Lipinski definition) is 1. The number of likely N-dealkylation sites (tertiary alicyclic amines) is 1. The molecule has 0 bridgehead atoms. The summed E-state index contributed by atoms with van der Waals surface area (Å²) in [4.78, 5) is 14.5. The Morgan fingerprint density at radius 3 is 2.50 bits per heavy atom. The maximum Gasteiger partial charge on any atom is 0.322 e. The summed E-state index contributed by atoms with van der Waals surface area (Å²) in [6, 6.07) is 16.3. The smallest absolute Gasteiger partial charge is 0.317 e. The predicted molar refractivity (Wildman–Crippen MR) is 93.0 cm³/mol. The largest absolute Gasteiger partial charge is 0.322 e. The van der Waals surface area contributed by atoms with Crippen molar-refractivity contribution in [3.05, 3.63) is 64.1 Å². The van der Waals surface area contributed by atoms with Gasteiger partial charge in [0.15, 0.2) is 0 Å². The van der Waals surface area contributed by atoms with Crippen LogP contribution in [0.25, 0.3) is 0 Å². The number of benzene rings is 2. The maximum absolute atomic E-state index is 12.6. The second-order valence-electron chi connectivity index (χ2n) is 5.70. The molecule has 114 valence electrons. The van der Waals surface area contributed by atoms with Gasteiger partial charge in [-0.1, -0.05) is 45.8 Å². The van der Waals surface area contributed by atoms with E-state index in [9.17, 15) is 4.79 Å². The molecule has 1 fully saturated rings. The van der Waals surface area contributed by atoms with Crippen LogP contribution in [0.2, 0.25) is 0 Å². The Hall–Kier alpha value is -1.81. The van der Waals surface area contributed by atoms with Crippen LogP contribution >= 0.6 is 15.9 Å².